The number of aromatic amines is 1. The number of nitrogens with one attached hydrogen (secondary N) is 2. The SMILES string of the molecule is O=C(O)c1c(CNCc2ccccc2)[nH]c2c1ccc1cnc(/C=C/c3ccccc3)cc12. The highest BCUT2D eigenvalue weighted by molar-refractivity contribution is 6.13. The number of pyridine rings is 1. The number of hydrogen-bond donors (Lipinski definition) is 3. The average molecular weight is 434 g/mol. The molecule has 0 bridgehead atoms. The van der Waals surface area contributed by atoms with Crippen molar-refractivity contribution in [3.8, 4) is 0 Å². The van der Waals surface area contributed by atoms with Gasteiger partial charge in [0.25, 0.3) is 0 Å². The molecule has 162 valence electrons. The zero-order valence-electron chi connectivity index (χ0n) is 18.0. The minimum atomic E-state index is -0.935. The number of fused-ring (bicyclic) bond motifs is 3. The van der Waals surface area contributed by atoms with Crippen molar-refractivity contribution in [3.05, 3.63) is 113 Å². The number of carboxylic acids is 1. The predicted octanol–water partition coefficient (Wildman–Crippen LogP) is 5.87. The third-order valence-electron chi connectivity index (χ3n) is 5.70. The highest BCUT2D eigenvalue weighted by atomic mass is 16.4. The van der Waals surface area contributed by atoms with Crippen LogP contribution in [0.2, 0.25) is 0 Å². The first-order chi connectivity index (χ1) is 16.2. The number of nitrogens with zero attached hydrogens (tertiary/aromatic N) is 1. The Morgan fingerprint density at radius 1 is 0.909 bits per heavy atom. The van der Waals surface area contributed by atoms with E-state index in [4.69, 9.17) is 0 Å². The molecular weight excluding hydrogens is 410 g/mol. The third kappa shape index (κ3) is 4.40. The van der Waals surface area contributed by atoms with E-state index in [-0.39, 0.29) is 0 Å². The van der Waals surface area contributed by atoms with Crippen LogP contribution >= 0.6 is 0 Å². The Labute approximate surface area is 191 Å². The molecule has 0 fully saturated rings. The molecular formula is C28H23N3O2. The van der Waals surface area contributed by atoms with Crippen LogP contribution in [0.25, 0.3) is 33.8 Å². The number of carbonyl (C=O) groups is 1. The summed E-state index contributed by atoms with van der Waals surface area (Å²) in [5.41, 5.74) is 4.85. The van der Waals surface area contributed by atoms with Crippen molar-refractivity contribution in [1.29, 1.82) is 0 Å². The molecule has 0 atom stereocenters. The first-order valence-electron chi connectivity index (χ1n) is 10.8. The Bertz CT molecular complexity index is 1450. The smallest absolute Gasteiger partial charge is 0.338 e. The Morgan fingerprint density at radius 2 is 1.67 bits per heavy atom. The normalized spacial score (nSPS) is 11.5. The van der Waals surface area contributed by atoms with Crippen molar-refractivity contribution in [1.82, 2.24) is 15.3 Å². The van der Waals surface area contributed by atoms with Crippen LogP contribution in [0.5, 0.6) is 0 Å². The summed E-state index contributed by atoms with van der Waals surface area (Å²) in [6, 6.07) is 25.9. The number of carboxylic acid groups (broad SMARTS) is 1. The zero-order valence-corrected chi connectivity index (χ0v) is 18.0. The van der Waals surface area contributed by atoms with Gasteiger partial charge in [0, 0.05) is 41.1 Å². The molecule has 0 saturated heterocycles. The highest BCUT2D eigenvalue weighted by Crippen LogP contribution is 2.30. The summed E-state index contributed by atoms with van der Waals surface area (Å²) in [6.07, 6.45) is 5.82. The third-order valence-corrected chi connectivity index (χ3v) is 5.70. The topological polar surface area (TPSA) is 78.0 Å². The van der Waals surface area contributed by atoms with Gasteiger partial charge in [-0.1, -0.05) is 78.9 Å². The molecule has 0 saturated carbocycles. The lowest BCUT2D eigenvalue weighted by Crippen LogP contribution is -2.15. The van der Waals surface area contributed by atoms with Crippen molar-refractivity contribution in [2.75, 3.05) is 0 Å². The van der Waals surface area contributed by atoms with Crippen LogP contribution in [-0.4, -0.2) is 21.0 Å². The minimum absolute atomic E-state index is 0.311. The van der Waals surface area contributed by atoms with Crippen molar-refractivity contribution in [3.63, 3.8) is 0 Å². The van der Waals surface area contributed by atoms with Crippen molar-refractivity contribution >= 4 is 39.8 Å². The van der Waals surface area contributed by atoms with Gasteiger partial charge in [0.15, 0.2) is 0 Å². The molecule has 0 aliphatic rings. The van der Waals surface area contributed by atoms with Gasteiger partial charge in [0.2, 0.25) is 0 Å². The summed E-state index contributed by atoms with van der Waals surface area (Å²) in [5, 5.41) is 15.9. The van der Waals surface area contributed by atoms with Gasteiger partial charge in [0.1, 0.15) is 0 Å². The quantitative estimate of drug-likeness (QED) is 0.300. The molecule has 0 unspecified atom stereocenters. The fourth-order valence-corrected chi connectivity index (χ4v) is 4.09. The number of aromatic carboxylic acids is 1. The van der Waals surface area contributed by atoms with Crippen LogP contribution in [0.15, 0.2) is 85.1 Å². The van der Waals surface area contributed by atoms with E-state index in [2.05, 4.69) is 15.3 Å². The van der Waals surface area contributed by atoms with E-state index in [1.807, 2.05) is 97.2 Å². The fourth-order valence-electron chi connectivity index (χ4n) is 4.09. The van der Waals surface area contributed by atoms with E-state index in [1.54, 1.807) is 0 Å². The van der Waals surface area contributed by atoms with Crippen LogP contribution in [0.4, 0.5) is 0 Å². The number of benzene rings is 3. The van der Waals surface area contributed by atoms with Gasteiger partial charge < -0.3 is 15.4 Å². The summed E-state index contributed by atoms with van der Waals surface area (Å²) in [4.78, 5) is 20.0. The molecule has 3 N–H and O–H groups in total. The van der Waals surface area contributed by atoms with E-state index in [0.29, 0.717) is 29.7 Å². The second kappa shape index (κ2) is 9.10. The summed E-state index contributed by atoms with van der Waals surface area (Å²) in [5.74, 6) is -0.935. The number of hydrogen-bond acceptors (Lipinski definition) is 3. The van der Waals surface area contributed by atoms with Gasteiger partial charge in [-0.05, 0) is 23.3 Å². The summed E-state index contributed by atoms with van der Waals surface area (Å²) in [7, 11) is 0. The highest BCUT2D eigenvalue weighted by Gasteiger charge is 2.19. The second-order valence-electron chi connectivity index (χ2n) is 7.94. The molecule has 2 aromatic heterocycles. The molecule has 5 aromatic rings. The van der Waals surface area contributed by atoms with Crippen LogP contribution in [-0.2, 0) is 13.1 Å². The lowest BCUT2D eigenvalue weighted by atomic mass is 10.0. The largest absolute Gasteiger partial charge is 0.478 e. The average Bonchev–Trinajstić information content (AvgIpc) is 3.23. The van der Waals surface area contributed by atoms with Gasteiger partial charge >= 0.3 is 5.97 Å². The number of aromatic nitrogens is 2. The first kappa shape index (κ1) is 20.7. The van der Waals surface area contributed by atoms with E-state index < -0.39 is 5.97 Å². The first-order valence-corrected chi connectivity index (χ1v) is 10.8. The van der Waals surface area contributed by atoms with Crippen molar-refractivity contribution < 1.29 is 9.90 Å². The molecule has 3 aromatic carbocycles. The molecule has 0 amide bonds. The lowest BCUT2D eigenvalue weighted by Gasteiger charge is -2.04. The number of H-pyrrole nitrogens is 1. The summed E-state index contributed by atoms with van der Waals surface area (Å²) >= 11 is 0. The summed E-state index contributed by atoms with van der Waals surface area (Å²) < 4.78 is 0. The molecule has 0 spiro atoms. The van der Waals surface area contributed by atoms with E-state index in [9.17, 15) is 9.90 Å². The molecule has 5 heteroatoms. The molecule has 33 heavy (non-hydrogen) atoms. The molecule has 5 nitrogen and oxygen atoms in total. The van der Waals surface area contributed by atoms with E-state index >= 15 is 0 Å². The van der Waals surface area contributed by atoms with Gasteiger partial charge in [0.05, 0.1) is 16.8 Å². The molecule has 0 aliphatic heterocycles. The zero-order chi connectivity index (χ0) is 22.6. The van der Waals surface area contributed by atoms with Crippen LogP contribution in [0.1, 0.15) is 32.9 Å². The number of rotatable bonds is 7. The molecule has 0 radical (unpaired) electrons. The van der Waals surface area contributed by atoms with E-state index in [0.717, 1.165) is 33.1 Å². The lowest BCUT2D eigenvalue weighted by molar-refractivity contribution is 0.0697. The standard InChI is InChI=1S/C28H23N3O2/c32-28(33)26-23-14-12-21-17-30-22(13-11-19-7-3-1-4-8-19)15-24(21)27(23)31-25(26)18-29-16-20-9-5-2-6-10-20/h1-15,17,29,31H,16,18H2,(H,32,33)/b13-11+. The Kier molecular flexibility index (Phi) is 5.70. The maximum atomic E-state index is 12.1. The minimum Gasteiger partial charge on any atom is -0.478 e. The van der Waals surface area contributed by atoms with Gasteiger partial charge in [-0.15, -0.1) is 0 Å². The molecule has 2 heterocycles. The maximum absolute atomic E-state index is 12.1. The second-order valence-corrected chi connectivity index (χ2v) is 7.94. The Hall–Kier alpha value is -4.22. The molecule has 0 aliphatic carbocycles. The maximum Gasteiger partial charge on any atom is 0.338 e. The van der Waals surface area contributed by atoms with Crippen molar-refractivity contribution in [2.45, 2.75) is 13.1 Å². The summed E-state index contributed by atoms with van der Waals surface area (Å²) in [6.45, 7) is 1.09. The fraction of sp³-hybridized carbons (Fsp3) is 0.0714. The van der Waals surface area contributed by atoms with Gasteiger partial charge in [-0.2, -0.15) is 0 Å². The van der Waals surface area contributed by atoms with Crippen LogP contribution < -0.4 is 5.32 Å². The Morgan fingerprint density at radius 3 is 2.42 bits per heavy atom. The monoisotopic (exact) mass is 433 g/mol. The predicted molar refractivity (Wildman–Crippen MR) is 133 cm³/mol. The van der Waals surface area contributed by atoms with Crippen LogP contribution in [0.3, 0.4) is 0 Å². The van der Waals surface area contributed by atoms with Crippen molar-refractivity contribution in [2.24, 2.45) is 0 Å². The van der Waals surface area contributed by atoms with Gasteiger partial charge in [-0.25, -0.2) is 4.79 Å². The van der Waals surface area contributed by atoms with Gasteiger partial charge in [-0.3, -0.25) is 4.98 Å². The Balaban J connectivity index is 1.50. The molecule has 5 rings (SSSR count). The van der Waals surface area contributed by atoms with E-state index in [1.165, 1.54) is 0 Å². The van der Waals surface area contributed by atoms with Crippen LogP contribution in [0, 0.1) is 0 Å².